The maximum atomic E-state index is 5.08. The molecule has 0 spiro atoms. The molecule has 5 rings (SSSR count). The van der Waals surface area contributed by atoms with Gasteiger partial charge < -0.3 is 10.2 Å². The maximum Gasteiger partial charge on any atom is 0.177 e. The van der Waals surface area contributed by atoms with Gasteiger partial charge in [0.15, 0.2) is 11.6 Å². The lowest BCUT2D eigenvalue weighted by atomic mass is 9.50. The quantitative estimate of drug-likeness (QED) is 0.578. The number of benzene rings is 1. The van der Waals surface area contributed by atoms with Crippen LogP contribution in [0, 0.1) is 24.7 Å². The number of fused-ring (bicyclic) bond motifs is 3. The van der Waals surface area contributed by atoms with Gasteiger partial charge in [0.1, 0.15) is 0 Å². The zero-order valence-electron chi connectivity index (χ0n) is 18.5. The Bertz CT molecular complexity index is 1100. The van der Waals surface area contributed by atoms with Gasteiger partial charge in [-0.15, -0.1) is 0 Å². The number of nitrogens with one attached hydrogen (secondary N) is 1. The fourth-order valence-electron chi connectivity index (χ4n) is 5.20. The molecule has 30 heavy (non-hydrogen) atoms. The van der Waals surface area contributed by atoms with Gasteiger partial charge in [-0.05, 0) is 51.3 Å². The summed E-state index contributed by atoms with van der Waals surface area (Å²) in [6.07, 6.45) is 11.5. The topological polar surface area (TPSA) is 41.1 Å². The molecule has 1 N–H and O–H groups in total. The van der Waals surface area contributed by atoms with Crippen molar-refractivity contribution in [1.29, 1.82) is 0 Å². The van der Waals surface area contributed by atoms with E-state index in [1.54, 1.807) is 0 Å². The van der Waals surface area contributed by atoms with Crippen LogP contribution in [0.15, 0.2) is 65.9 Å². The van der Waals surface area contributed by atoms with Crippen LogP contribution in [0.25, 0.3) is 0 Å². The molecular weight excluding hydrogens is 368 g/mol. The third kappa shape index (κ3) is 2.52. The van der Waals surface area contributed by atoms with E-state index in [1.807, 2.05) is 13.8 Å². The monoisotopic (exact) mass is 398 g/mol. The normalized spacial score (nSPS) is 29.6. The van der Waals surface area contributed by atoms with Crippen molar-refractivity contribution in [3.63, 3.8) is 0 Å². The van der Waals surface area contributed by atoms with Crippen molar-refractivity contribution in [2.24, 2.45) is 10.8 Å². The van der Waals surface area contributed by atoms with E-state index < -0.39 is 0 Å². The first-order valence-corrected chi connectivity index (χ1v) is 10.9. The average molecular weight is 399 g/mol. The Balaban J connectivity index is 1.81. The molecule has 2 heterocycles. The predicted molar refractivity (Wildman–Crippen MR) is 124 cm³/mol. The summed E-state index contributed by atoms with van der Waals surface area (Å²) in [4.78, 5) is 12.4. The van der Waals surface area contributed by atoms with E-state index in [0.29, 0.717) is 0 Å². The highest BCUT2D eigenvalue weighted by molar-refractivity contribution is 5.74. The zero-order chi connectivity index (χ0) is 21.1. The van der Waals surface area contributed by atoms with Crippen molar-refractivity contribution in [3.05, 3.63) is 77.3 Å². The van der Waals surface area contributed by atoms with Gasteiger partial charge in [0, 0.05) is 28.3 Å². The molecule has 154 valence electrons. The van der Waals surface area contributed by atoms with Gasteiger partial charge >= 0.3 is 0 Å². The van der Waals surface area contributed by atoms with E-state index in [9.17, 15) is 0 Å². The van der Waals surface area contributed by atoms with Gasteiger partial charge in [0.05, 0.1) is 11.4 Å². The number of anilines is 3. The third-order valence-electron chi connectivity index (χ3n) is 7.69. The van der Waals surface area contributed by atoms with E-state index in [-0.39, 0.29) is 16.9 Å². The van der Waals surface area contributed by atoms with Gasteiger partial charge in [-0.25, -0.2) is 9.97 Å². The lowest BCUT2D eigenvalue weighted by Crippen LogP contribution is -2.55. The van der Waals surface area contributed by atoms with Crippen LogP contribution in [0.4, 0.5) is 17.3 Å². The van der Waals surface area contributed by atoms with E-state index in [0.717, 1.165) is 41.6 Å². The van der Waals surface area contributed by atoms with Crippen LogP contribution in [-0.2, 0) is 0 Å². The molecule has 1 aliphatic heterocycles. The van der Waals surface area contributed by atoms with Crippen LogP contribution in [0.2, 0.25) is 0 Å². The number of aryl methyl sites for hydroxylation is 2. The number of aromatic nitrogens is 2. The molecule has 4 nitrogen and oxygen atoms in total. The van der Waals surface area contributed by atoms with Crippen molar-refractivity contribution >= 4 is 17.3 Å². The second-order valence-electron chi connectivity index (χ2n) is 9.22. The van der Waals surface area contributed by atoms with Crippen LogP contribution in [0.5, 0.6) is 0 Å². The summed E-state index contributed by atoms with van der Waals surface area (Å²) in [7, 11) is 0. The fourth-order valence-corrected chi connectivity index (χ4v) is 5.20. The van der Waals surface area contributed by atoms with Crippen LogP contribution >= 0.6 is 0 Å². The first-order valence-electron chi connectivity index (χ1n) is 10.9. The summed E-state index contributed by atoms with van der Waals surface area (Å²) in [5.41, 5.74) is 5.64. The first-order chi connectivity index (χ1) is 14.3. The highest BCUT2D eigenvalue weighted by Gasteiger charge is 2.55. The Kier molecular flexibility index (Phi) is 4.18. The Morgan fingerprint density at radius 1 is 1.03 bits per heavy atom. The summed E-state index contributed by atoms with van der Waals surface area (Å²) >= 11 is 0. The molecule has 0 fully saturated rings. The van der Waals surface area contributed by atoms with E-state index in [2.05, 4.69) is 85.6 Å². The minimum atomic E-state index is -0.0508. The molecule has 1 aromatic heterocycles. The smallest absolute Gasteiger partial charge is 0.177 e. The predicted octanol–water partition coefficient (Wildman–Crippen LogP) is 6.23. The number of para-hydroxylation sites is 1. The second-order valence-corrected chi connectivity index (χ2v) is 9.22. The van der Waals surface area contributed by atoms with Gasteiger partial charge in [0.25, 0.3) is 0 Å². The summed E-state index contributed by atoms with van der Waals surface area (Å²) in [6, 6.07) is 10.8. The molecule has 0 amide bonds. The molecule has 0 radical (unpaired) electrons. The van der Waals surface area contributed by atoms with E-state index in [4.69, 9.17) is 9.97 Å². The Hall–Kier alpha value is -2.88. The second kappa shape index (κ2) is 6.56. The lowest BCUT2D eigenvalue weighted by molar-refractivity contribution is 0.152. The van der Waals surface area contributed by atoms with Gasteiger partial charge in [-0.2, -0.15) is 0 Å². The van der Waals surface area contributed by atoms with Crippen molar-refractivity contribution in [3.8, 4) is 0 Å². The van der Waals surface area contributed by atoms with E-state index >= 15 is 0 Å². The minimum Gasteiger partial charge on any atom is -0.340 e. The SMILES string of the molecule is Cc1nc2c(nc1C)N(c1ccccc1)C(C)C1(C)C=CC1(C)C1=C(CCC=C1)N2. The molecule has 3 aliphatic rings. The molecule has 1 aromatic carbocycles. The molecular formula is C26H30N4. The zero-order valence-corrected chi connectivity index (χ0v) is 18.5. The number of hydrogen-bond acceptors (Lipinski definition) is 4. The van der Waals surface area contributed by atoms with Crippen LogP contribution in [0.3, 0.4) is 0 Å². The molecule has 0 bridgehead atoms. The van der Waals surface area contributed by atoms with Crippen molar-refractivity contribution < 1.29 is 0 Å². The summed E-state index contributed by atoms with van der Waals surface area (Å²) in [6.45, 7) is 11.2. The molecule has 2 aliphatic carbocycles. The maximum absolute atomic E-state index is 5.08. The summed E-state index contributed by atoms with van der Waals surface area (Å²) < 4.78 is 0. The van der Waals surface area contributed by atoms with Gasteiger partial charge in [-0.1, -0.05) is 56.4 Å². The highest BCUT2D eigenvalue weighted by atomic mass is 15.3. The largest absolute Gasteiger partial charge is 0.340 e. The molecule has 0 saturated carbocycles. The van der Waals surface area contributed by atoms with E-state index in [1.165, 1.54) is 11.3 Å². The van der Waals surface area contributed by atoms with Gasteiger partial charge in [0.2, 0.25) is 0 Å². The van der Waals surface area contributed by atoms with Crippen LogP contribution in [0.1, 0.15) is 45.0 Å². The number of allylic oxidation sites excluding steroid dienone is 5. The van der Waals surface area contributed by atoms with Crippen LogP contribution < -0.4 is 10.2 Å². The lowest BCUT2D eigenvalue weighted by Gasteiger charge is -2.56. The van der Waals surface area contributed by atoms with Crippen molar-refractivity contribution in [1.82, 2.24) is 9.97 Å². The number of nitrogens with zero attached hydrogens (tertiary/aromatic N) is 3. The third-order valence-corrected chi connectivity index (χ3v) is 7.69. The summed E-state index contributed by atoms with van der Waals surface area (Å²) in [5.74, 6) is 1.76. The Morgan fingerprint density at radius 2 is 1.77 bits per heavy atom. The first kappa shape index (κ1) is 19.1. The van der Waals surface area contributed by atoms with Gasteiger partial charge in [-0.3, -0.25) is 0 Å². The highest BCUT2D eigenvalue weighted by Crippen LogP contribution is 2.60. The molecule has 3 atom stereocenters. The van der Waals surface area contributed by atoms with Crippen LogP contribution in [-0.4, -0.2) is 16.0 Å². The van der Waals surface area contributed by atoms with Crippen molar-refractivity contribution in [2.75, 3.05) is 10.2 Å². The standard InChI is InChI=1S/C26H30N4/c1-17-18(2)28-24-23(27-17)29-22-14-10-9-13-21(22)26(5)16-15-25(26,4)19(3)30(24)20-11-7-6-8-12-20/h6-9,11-13,15-16,19H,10,14H2,1-5H3,(H,27,29). The molecule has 2 aromatic rings. The van der Waals surface area contributed by atoms with Crippen molar-refractivity contribution in [2.45, 2.75) is 53.5 Å². The summed E-state index contributed by atoms with van der Waals surface area (Å²) in [5, 5.41) is 3.74. The molecule has 4 heteroatoms. The molecule has 0 saturated heterocycles. The average Bonchev–Trinajstić information content (AvgIpc) is 2.77. The Labute approximate surface area is 179 Å². The number of rotatable bonds is 1. The molecule has 3 unspecified atom stereocenters. The fraction of sp³-hybridized carbons (Fsp3) is 0.385. The number of hydrogen-bond donors (Lipinski definition) is 1. The minimum absolute atomic E-state index is 0.0468. The Morgan fingerprint density at radius 3 is 2.47 bits per heavy atom.